The number of nitro benzene ring substituents is 1. The Morgan fingerprint density at radius 2 is 2.44 bits per heavy atom. The second kappa shape index (κ2) is 5.36. The van der Waals surface area contributed by atoms with E-state index in [9.17, 15) is 10.1 Å². The molecule has 0 heterocycles. The van der Waals surface area contributed by atoms with Crippen LogP contribution in [0.1, 0.15) is 5.56 Å². The van der Waals surface area contributed by atoms with Crippen molar-refractivity contribution in [2.45, 2.75) is 0 Å². The smallest absolute Gasteiger partial charge is 0.270 e. The maximum Gasteiger partial charge on any atom is 0.270 e. The molecule has 16 heavy (non-hydrogen) atoms. The van der Waals surface area contributed by atoms with E-state index in [1.54, 1.807) is 0 Å². The highest BCUT2D eigenvalue weighted by Crippen LogP contribution is 2.22. The van der Waals surface area contributed by atoms with E-state index in [4.69, 9.17) is 16.4 Å². The number of non-ortho nitro benzene ring substituents is 1. The van der Waals surface area contributed by atoms with Crippen LogP contribution in [0.2, 0.25) is 0 Å². The van der Waals surface area contributed by atoms with Gasteiger partial charge < -0.3 is 9.94 Å². The van der Waals surface area contributed by atoms with Crippen molar-refractivity contribution in [3.8, 4) is 18.1 Å². The standard InChI is InChI=1S/C10H8N2O4/c1-2-5-16-10-4-3-9(12(14)15)6-8(10)7-11-13/h1,3-4,6-7,13H,5H2/b11-7+. The normalized spacial score (nSPS) is 9.94. The summed E-state index contributed by atoms with van der Waals surface area (Å²) in [6, 6.07) is 3.90. The molecule has 0 atom stereocenters. The molecule has 0 aromatic heterocycles. The quantitative estimate of drug-likeness (QED) is 0.273. The Morgan fingerprint density at radius 1 is 1.69 bits per heavy atom. The number of rotatable bonds is 4. The van der Waals surface area contributed by atoms with Crippen molar-refractivity contribution < 1.29 is 14.9 Å². The minimum absolute atomic E-state index is 0.0318. The lowest BCUT2D eigenvalue weighted by atomic mass is 10.2. The van der Waals surface area contributed by atoms with E-state index in [1.807, 2.05) is 0 Å². The highest BCUT2D eigenvalue weighted by Gasteiger charge is 2.10. The van der Waals surface area contributed by atoms with Gasteiger partial charge in [0.2, 0.25) is 0 Å². The fourth-order valence-electron chi connectivity index (χ4n) is 1.06. The second-order valence-electron chi connectivity index (χ2n) is 2.72. The van der Waals surface area contributed by atoms with Crippen LogP contribution < -0.4 is 4.74 Å². The zero-order valence-corrected chi connectivity index (χ0v) is 8.16. The van der Waals surface area contributed by atoms with Gasteiger partial charge in [-0.15, -0.1) is 6.42 Å². The Hall–Kier alpha value is -2.55. The number of hydrogen-bond acceptors (Lipinski definition) is 5. The minimum atomic E-state index is -0.556. The second-order valence-corrected chi connectivity index (χ2v) is 2.72. The molecule has 0 radical (unpaired) electrons. The summed E-state index contributed by atoms with van der Waals surface area (Å²) >= 11 is 0. The van der Waals surface area contributed by atoms with E-state index in [2.05, 4.69) is 11.1 Å². The van der Waals surface area contributed by atoms with Crippen LogP contribution in [0.4, 0.5) is 5.69 Å². The summed E-state index contributed by atoms with van der Waals surface area (Å²) in [5.41, 5.74) is 0.162. The van der Waals surface area contributed by atoms with Crippen LogP contribution in [0.3, 0.4) is 0 Å². The van der Waals surface area contributed by atoms with Crippen molar-refractivity contribution >= 4 is 11.9 Å². The molecule has 0 aliphatic carbocycles. The van der Waals surface area contributed by atoms with Crippen LogP contribution in [-0.4, -0.2) is 23.0 Å². The molecule has 82 valence electrons. The molecule has 0 saturated carbocycles. The van der Waals surface area contributed by atoms with Crippen LogP contribution in [-0.2, 0) is 0 Å². The van der Waals surface area contributed by atoms with Crippen LogP contribution >= 0.6 is 0 Å². The number of nitrogens with zero attached hydrogens (tertiary/aromatic N) is 2. The third-order valence-corrected chi connectivity index (χ3v) is 1.71. The number of benzene rings is 1. The number of hydrogen-bond donors (Lipinski definition) is 1. The zero-order valence-electron chi connectivity index (χ0n) is 8.16. The molecule has 1 rings (SSSR count). The molecular weight excluding hydrogens is 212 g/mol. The van der Waals surface area contributed by atoms with Gasteiger partial charge >= 0.3 is 0 Å². The fourth-order valence-corrected chi connectivity index (χ4v) is 1.06. The monoisotopic (exact) mass is 220 g/mol. The highest BCUT2D eigenvalue weighted by molar-refractivity contribution is 5.84. The third-order valence-electron chi connectivity index (χ3n) is 1.71. The van der Waals surface area contributed by atoms with E-state index in [0.717, 1.165) is 6.21 Å². The van der Waals surface area contributed by atoms with Gasteiger partial charge in [0.25, 0.3) is 5.69 Å². The van der Waals surface area contributed by atoms with Crippen LogP contribution in [0.25, 0.3) is 0 Å². The third kappa shape index (κ3) is 2.72. The van der Waals surface area contributed by atoms with Crippen molar-refractivity contribution in [1.29, 1.82) is 0 Å². The highest BCUT2D eigenvalue weighted by atomic mass is 16.6. The summed E-state index contributed by atoms with van der Waals surface area (Å²) in [6.07, 6.45) is 6.05. The molecular formula is C10H8N2O4. The molecule has 1 N–H and O–H groups in total. The molecule has 0 amide bonds. The molecule has 0 fully saturated rings. The van der Waals surface area contributed by atoms with Crippen LogP contribution in [0.5, 0.6) is 5.75 Å². The summed E-state index contributed by atoms with van der Waals surface area (Å²) in [7, 11) is 0. The summed E-state index contributed by atoms with van der Waals surface area (Å²) in [5.74, 6) is 2.58. The van der Waals surface area contributed by atoms with Crippen molar-refractivity contribution in [2.75, 3.05) is 6.61 Å². The van der Waals surface area contributed by atoms with Gasteiger partial charge in [-0.25, -0.2) is 0 Å². The van der Waals surface area contributed by atoms with E-state index >= 15 is 0 Å². The summed E-state index contributed by atoms with van der Waals surface area (Å²) in [4.78, 5) is 9.95. The molecule has 1 aromatic carbocycles. The average Bonchev–Trinajstić information content (AvgIpc) is 2.27. The van der Waals surface area contributed by atoms with Gasteiger partial charge in [0, 0.05) is 17.7 Å². The maximum absolute atomic E-state index is 10.5. The van der Waals surface area contributed by atoms with Crippen molar-refractivity contribution in [3.63, 3.8) is 0 Å². The van der Waals surface area contributed by atoms with Gasteiger partial charge in [0.1, 0.15) is 12.4 Å². The van der Waals surface area contributed by atoms with Gasteiger partial charge in [-0.05, 0) is 6.07 Å². The SMILES string of the molecule is C#CCOc1ccc([N+](=O)[O-])cc1/C=N/O. The Kier molecular flexibility index (Phi) is 3.86. The molecule has 0 bridgehead atoms. The van der Waals surface area contributed by atoms with Crippen LogP contribution in [0, 0.1) is 22.5 Å². The Morgan fingerprint density at radius 3 is 3.00 bits per heavy atom. The molecule has 0 unspecified atom stereocenters. The molecule has 0 aliphatic heterocycles. The number of nitro groups is 1. The van der Waals surface area contributed by atoms with Gasteiger partial charge in [-0.2, -0.15) is 0 Å². The predicted octanol–water partition coefficient (Wildman–Crippen LogP) is 1.41. The number of ether oxygens (including phenoxy) is 1. The molecule has 0 saturated heterocycles. The van der Waals surface area contributed by atoms with Gasteiger partial charge in [-0.1, -0.05) is 11.1 Å². The minimum Gasteiger partial charge on any atom is -0.480 e. The maximum atomic E-state index is 10.5. The van der Waals surface area contributed by atoms with Gasteiger partial charge in [0.15, 0.2) is 0 Å². The molecule has 0 spiro atoms. The first kappa shape index (κ1) is 11.5. The lowest BCUT2D eigenvalue weighted by Gasteiger charge is -2.05. The first-order valence-electron chi connectivity index (χ1n) is 4.21. The van der Waals surface area contributed by atoms with Gasteiger partial charge in [-0.3, -0.25) is 10.1 Å². The van der Waals surface area contributed by atoms with E-state index in [-0.39, 0.29) is 17.9 Å². The Labute approximate surface area is 91.3 Å². The van der Waals surface area contributed by atoms with E-state index in [1.165, 1.54) is 18.2 Å². The van der Waals surface area contributed by atoms with E-state index < -0.39 is 4.92 Å². The summed E-state index contributed by atoms with van der Waals surface area (Å²) < 4.78 is 5.11. The largest absolute Gasteiger partial charge is 0.480 e. The molecule has 1 aromatic rings. The first-order valence-corrected chi connectivity index (χ1v) is 4.21. The Bertz CT molecular complexity index is 462. The summed E-state index contributed by atoms with van der Waals surface area (Å²) in [5, 5.41) is 21.7. The van der Waals surface area contributed by atoms with E-state index in [0.29, 0.717) is 5.75 Å². The number of terminal acetylenes is 1. The van der Waals surface area contributed by atoms with Crippen molar-refractivity contribution in [2.24, 2.45) is 5.16 Å². The first-order chi connectivity index (χ1) is 7.69. The van der Waals surface area contributed by atoms with Gasteiger partial charge in [0.05, 0.1) is 11.1 Å². The Balaban J connectivity index is 3.09. The van der Waals surface area contributed by atoms with Crippen molar-refractivity contribution in [1.82, 2.24) is 0 Å². The molecule has 0 aliphatic rings. The lowest BCUT2D eigenvalue weighted by molar-refractivity contribution is -0.384. The zero-order chi connectivity index (χ0) is 12.0. The number of oxime groups is 1. The molecule has 6 nitrogen and oxygen atoms in total. The molecule has 6 heteroatoms. The topological polar surface area (TPSA) is 85.0 Å². The lowest BCUT2D eigenvalue weighted by Crippen LogP contribution is -1.99. The fraction of sp³-hybridized carbons (Fsp3) is 0.100. The van der Waals surface area contributed by atoms with Crippen molar-refractivity contribution in [3.05, 3.63) is 33.9 Å². The predicted molar refractivity (Wildman–Crippen MR) is 56.8 cm³/mol. The summed E-state index contributed by atoms with van der Waals surface area (Å²) in [6.45, 7) is 0.0318. The van der Waals surface area contributed by atoms with Crippen LogP contribution in [0.15, 0.2) is 23.4 Å². The average molecular weight is 220 g/mol.